The molecule has 0 fully saturated rings. The van der Waals surface area contributed by atoms with Crippen molar-refractivity contribution < 1.29 is 4.39 Å². The molecule has 1 aromatic heterocycles. The average Bonchev–Trinajstić information content (AvgIpc) is 2.88. The van der Waals surface area contributed by atoms with Crippen molar-refractivity contribution in [3.63, 3.8) is 0 Å². The van der Waals surface area contributed by atoms with Crippen molar-refractivity contribution in [1.82, 2.24) is 9.78 Å². The SMILES string of the molecule is CCC(C)n1ccc(CNc2ccc(F)c(Cl)c2)n1. The highest BCUT2D eigenvalue weighted by Crippen LogP contribution is 2.19. The average molecular weight is 282 g/mol. The minimum atomic E-state index is -0.409. The van der Waals surface area contributed by atoms with Crippen LogP contribution in [0.2, 0.25) is 5.02 Å². The number of hydrogen-bond donors (Lipinski definition) is 1. The standard InChI is InChI=1S/C14H17ClFN3/c1-3-10(2)19-7-6-12(18-19)9-17-11-4-5-14(16)13(15)8-11/h4-8,10,17H,3,9H2,1-2H3. The molecule has 1 atom stereocenters. The number of anilines is 1. The van der Waals surface area contributed by atoms with E-state index < -0.39 is 5.82 Å². The molecule has 0 amide bonds. The van der Waals surface area contributed by atoms with Gasteiger partial charge in [-0.05, 0) is 37.6 Å². The molecule has 0 saturated heterocycles. The molecule has 0 aliphatic heterocycles. The van der Waals surface area contributed by atoms with Crippen molar-refractivity contribution in [2.45, 2.75) is 32.9 Å². The second-order valence-electron chi connectivity index (χ2n) is 4.53. The zero-order valence-corrected chi connectivity index (χ0v) is 11.8. The third-order valence-corrected chi connectivity index (χ3v) is 3.39. The smallest absolute Gasteiger partial charge is 0.141 e. The van der Waals surface area contributed by atoms with E-state index in [4.69, 9.17) is 11.6 Å². The number of nitrogens with zero attached hydrogens (tertiary/aromatic N) is 2. The fourth-order valence-electron chi connectivity index (χ4n) is 1.70. The zero-order valence-electron chi connectivity index (χ0n) is 11.0. The molecule has 5 heteroatoms. The Morgan fingerprint density at radius 3 is 2.89 bits per heavy atom. The van der Waals surface area contributed by atoms with Crippen molar-refractivity contribution in [3.8, 4) is 0 Å². The molecule has 0 bridgehead atoms. The Bertz CT molecular complexity index is 553. The van der Waals surface area contributed by atoms with Gasteiger partial charge in [-0.15, -0.1) is 0 Å². The maximum absolute atomic E-state index is 13.0. The van der Waals surface area contributed by atoms with Crippen LogP contribution in [-0.2, 0) is 6.54 Å². The molecule has 2 aromatic rings. The van der Waals surface area contributed by atoms with Crippen LogP contribution in [0.5, 0.6) is 0 Å². The fraction of sp³-hybridized carbons (Fsp3) is 0.357. The number of benzene rings is 1. The van der Waals surface area contributed by atoms with Gasteiger partial charge in [-0.1, -0.05) is 18.5 Å². The lowest BCUT2D eigenvalue weighted by molar-refractivity contribution is 0.474. The van der Waals surface area contributed by atoms with Gasteiger partial charge in [-0.25, -0.2) is 4.39 Å². The van der Waals surface area contributed by atoms with Crippen molar-refractivity contribution in [2.75, 3.05) is 5.32 Å². The van der Waals surface area contributed by atoms with E-state index in [0.717, 1.165) is 17.8 Å². The third-order valence-electron chi connectivity index (χ3n) is 3.10. The van der Waals surface area contributed by atoms with E-state index >= 15 is 0 Å². The summed E-state index contributed by atoms with van der Waals surface area (Å²) in [5.74, 6) is -0.409. The summed E-state index contributed by atoms with van der Waals surface area (Å²) < 4.78 is 15.0. The first kappa shape index (κ1) is 13.9. The Kier molecular flexibility index (Phi) is 4.43. The lowest BCUT2D eigenvalue weighted by Crippen LogP contribution is -2.06. The Morgan fingerprint density at radius 1 is 1.42 bits per heavy atom. The van der Waals surface area contributed by atoms with Gasteiger partial charge in [-0.2, -0.15) is 5.10 Å². The van der Waals surface area contributed by atoms with Crippen LogP contribution in [0.1, 0.15) is 32.0 Å². The highest BCUT2D eigenvalue weighted by atomic mass is 35.5. The predicted octanol–water partition coefficient (Wildman–Crippen LogP) is 4.26. The van der Waals surface area contributed by atoms with Gasteiger partial charge in [0.2, 0.25) is 0 Å². The quantitative estimate of drug-likeness (QED) is 0.887. The minimum Gasteiger partial charge on any atom is -0.379 e. The number of halogens is 2. The maximum atomic E-state index is 13.0. The summed E-state index contributed by atoms with van der Waals surface area (Å²) in [7, 11) is 0. The lowest BCUT2D eigenvalue weighted by atomic mass is 10.3. The highest BCUT2D eigenvalue weighted by Gasteiger charge is 2.05. The van der Waals surface area contributed by atoms with E-state index in [1.165, 1.54) is 6.07 Å². The molecule has 2 rings (SSSR count). The van der Waals surface area contributed by atoms with Gasteiger partial charge < -0.3 is 5.32 Å². The van der Waals surface area contributed by atoms with Gasteiger partial charge in [0.15, 0.2) is 0 Å². The topological polar surface area (TPSA) is 29.9 Å². The first-order valence-electron chi connectivity index (χ1n) is 6.33. The maximum Gasteiger partial charge on any atom is 0.141 e. The van der Waals surface area contributed by atoms with Gasteiger partial charge in [0, 0.05) is 17.9 Å². The summed E-state index contributed by atoms with van der Waals surface area (Å²) in [5, 5.41) is 7.78. The minimum absolute atomic E-state index is 0.120. The van der Waals surface area contributed by atoms with E-state index in [9.17, 15) is 4.39 Å². The van der Waals surface area contributed by atoms with Crippen LogP contribution in [0.25, 0.3) is 0 Å². The normalized spacial score (nSPS) is 12.4. The van der Waals surface area contributed by atoms with Gasteiger partial charge >= 0.3 is 0 Å². The van der Waals surface area contributed by atoms with Gasteiger partial charge in [0.25, 0.3) is 0 Å². The summed E-state index contributed by atoms with van der Waals surface area (Å²) in [6.45, 7) is 4.85. The second kappa shape index (κ2) is 6.06. The molecule has 0 spiro atoms. The molecule has 0 saturated carbocycles. The summed E-state index contributed by atoms with van der Waals surface area (Å²) in [6.07, 6.45) is 3.02. The largest absolute Gasteiger partial charge is 0.379 e. The van der Waals surface area contributed by atoms with E-state index in [2.05, 4.69) is 24.3 Å². The summed E-state index contributed by atoms with van der Waals surface area (Å²) in [4.78, 5) is 0. The van der Waals surface area contributed by atoms with Gasteiger partial charge in [0.1, 0.15) is 5.82 Å². The highest BCUT2D eigenvalue weighted by molar-refractivity contribution is 6.31. The van der Waals surface area contributed by atoms with Crippen LogP contribution in [0, 0.1) is 5.82 Å². The third kappa shape index (κ3) is 3.47. The van der Waals surface area contributed by atoms with Gasteiger partial charge in [0.05, 0.1) is 17.3 Å². The summed E-state index contributed by atoms with van der Waals surface area (Å²) in [5.41, 5.74) is 1.73. The Hall–Kier alpha value is -1.55. The molecule has 19 heavy (non-hydrogen) atoms. The van der Waals surface area contributed by atoms with E-state index in [-0.39, 0.29) is 5.02 Å². The molecule has 102 valence electrons. The second-order valence-corrected chi connectivity index (χ2v) is 4.93. The predicted molar refractivity (Wildman–Crippen MR) is 76.0 cm³/mol. The molecule has 0 aliphatic rings. The van der Waals surface area contributed by atoms with Crippen LogP contribution in [0.15, 0.2) is 30.5 Å². The number of rotatable bonds is 5. The van der Waals surface area contributed by atoms with Crippen LogP contribution < -0.4 is 5.32 Å². The first-order chi connectivity index (χ1) is 9.10. The number of nitrogens with one attached hydrogen (secondary N) is 1. The Labute approximate surface area is 117 Å². The number of aromatic nitrogens is 2. The molecule has 1 heterocycles. The molecule has 1 unspecified atom stereocenters. The van der Waals surface area contributed by atoms with Crippen LogP contribution in [0.3, 0.4) is 0 Å². The van der Waals surface area contributed by atoms with Crippen molar-refractivity contribution in [2.24, 2.45) is 0 Å². The summed E-state index contributed by atoms with van der Waals surface area (Å²) >= 11 is 5.73. The van der Waals surface area contributed by atoms with Crippen molar-refractivity contribution in [1.29, 1.82) is 0 Å². The summed E-state index contributed by atoms with van der Waals surface area (Å²) in [6, 6.07) is 6.95. The van der Waals surface area contributed by atoms with Gasteiger partial charge in [-0.3, -0.25) is 4.68 Å². The molecule has 0 aliphatic carbocycles. The fourth-order valence-corrected chi connectivity index (χ4v) is 1.88. The molecule has 1 N–H and O–H groups in total. The molecule has 0 radical (unpaired) electrons. The van der Waals surface area contributed by atoms with Crippen LogP contribution >= 0.6 is 11.6 Å². The lowest BCUT2D eigenvalue weighted by Gasteiger charge is -2.08. The van der Waals surface area contributed by atoms with Crippen LogP contribution in [-0.4, -0.2) is 9.78 Å². The van der Waals surface area contributed by atoms with E-state index in [1.54, 1.807) is 12.1 Å². The van der Waals surface area contributed by atoms with E-state index in [0.29, 0.717) is 12.6 Å². The Balaban J connectivity index is 1.98. The van der Waals surface area contributed by atoms with E-state index in [1.807, 2.05) is 16.9 Å². The zero-order chi connectivity index (χ0) is 13.8. The molecule has 1 aromatic carbocycles. The molecule has 3 nitrogen and oxygen atoms in total. The first-order valence-corrected chi connectivity index (χ1v) is 6.71. The Morgan fingerprint density at radius 2 is 2.21 bits per heavy atom. The molecular formula is C14H17ClFN3. The monoisotopic (exact) mass is 281 g/mol. The molecular weight excluding hydrogens is 265 g/mol. The van der Waals surface area contributed by atoms with Crippen molar-refractivity contribution in [3.05, 3.63) is 47.0 Å². The van der Waals surface area contributed by atoms with Crippen LogP contribution in [0.4, 0.5) is 10.1 Å². The van der Waals surface area contributed by atoms with Crippen molar-refractivity contribution >= 4 is 17.3 Å². The number of hydrogen-bond acceptors (Lipinski definition) is 2.